The first-order valence-electron chi connectivity index (χ1n) is 7.11. The van der Waals surface area contributed by atoms with Crippen LogP contribution in [-0.2, 0) is 7.05 Å². The standard InChI is InChI=1S/C15H19ClN4/c1-20-15(12-8-7-11(17)9-13(12)16)18-14(19-20)10-5-3-2-4-6-10/h7-10H,2-6,17H2,1H3. The number of nitrogens with two attached hydrogens (primary N) is 1. The minimum Gasteiger partial charge on any atom is -0.399 e. The maximum atomic E-state index is 6.27. The van der Waals surface area contributed by atoms with Crippen molar-refractivity contribution in [2.24, 2.45) is 7.05 Å². The zero-order valence-corrected chi connectivity index (χ0v) is 12.4. The van der Waals surface area contributed by atoms with Crippen LogP contribution in [0.5, 0.6) is 0 Å². The van der Waals surface area contributed by atoms with Crippen LogP contribution in [0.25, 0.3) is 11.4 Å². The van der Waals surface area contributed by atoms with Crippen LogP contribution in [0.3, 0.4) is 0 Å². The maximum absolute atomic E-state index is 6.27. The number of rotatable bonds is 2. The average molecular weight is 291 g/mol. The molecule has 1 saturated carbocycles. The first kappa shape index (κ1) is 13.4. The Morgan fingerprint density at radius 2 is 2.00 bits per heavy atom. The van der Waals surface area contributed by atoms with Crippen LogP contribution in [0, 0.1) is 0 Å². The van der Waals surface area contributed by atoms with Gasteiger partial charge in [-0.05, 0) is 31.0 Å². The Balaban J connectivity index is 1.95. The van der Waals surface area contributed by atoms with E-state index in [0.717, 1.165) is 17.2 Å². The van der Waals surface area contributed by atoms with Gasteiger partial charge >= 0.3 is 0 Å². The Hall–Kier alpha value is -1.55. The van der Waals surface area contributed by atoms with Gasteiger partial charge in [-0.3, -0.25) is 0 Å². The average Bonchev–Trinajstić information content (AvgIpc) is 2.82. The van der Waals surface area contributed by atoms with Crippen LogP contribution < -0.4 is 5.73 Å². The molecule has 0 radical (unpaired) electrons. The highest BCUT2D eigenvalue weighted by molar-refractivity contribution is 6.33. The molecule has 0 bridgehead atoms. The summed E-state index contributed by atoms with van der Waals surface area (Å²) in [5.41, 5.74) is 7.29. The van der Waals surface area contributed by atoms with Crippen molar-refractivity contribution in [3.63, 3.8) is 0 Å². The predicted molar refractivity (Wildman–Crippen MR) is 81.7 cm³/mol. The molecule has 1 heterocycles. The van der Waals surface area contributed by atoms with Crippen molar-refractivity contribution in [2.75, 3.05) is 5.73 Å². The number of anilines is 1. The first-order valence-corrected chi connectivity index (χ1v) is 7.49. The third-order valence-corrected chi connectivity index (χ3v) is 4.30. The van der Waals surface area contributed by atoms with E-state index >= 15 is 0 Å². The zero-order valence-electron chi connectivity index (χ0n) is 11.6. The Bertz CT molecular complexity index is 614. The van der Waals surface area contributed by atoms with Crippen LogP contribution in [-0.4, -0.2) is 14.8 Å². The number of aromatic nitrogens is 3. The van der Waals surface area contributed by atoms with Gasteiger partial charge in [-0.15, -0.1) is 0 Å². The summed E-state index contributed by atoms with van der Waals surface area (Å²) in [6, 6.07) is 5.51. The van der Waals surface area contributed by atoms with Gasteiger partial charge in [0.25, 0.3) is 0 Å². The fourth-order valence-corrected chi connectivity index (χ4v) is 3.16. The molecule has 2 aromatic rings. The van der Waals surface area contributed by atoms with Crippen molar-refractivity contribution >= 4 is 17.3 Å². The molecule has 1 fully saturated rings. The van der Waals surface area contributed by atoms with Gasteiger partial charge in [-0.1, -0.05) is 30.9 Å². The third-order valence-electron chi connectivity index (χ3n) is 3.98. The van der Waals surface area contributed by atoms with E-state index in [4.69, 9.17) is 22.3 Å². The molecule has 20 heavy (non-hydrogen) atoms. The topological polar surface area (TPSA) is 56.7 Å². The van der Waals surface area contributed by atoms with E-state index in [1.165, 1.54) is 32.1 Å². The second kappa shape index (κ2) is 5.44. The zero-order chi connectivity index (χ0) is 14.1. The Labute approximate surface area is 124 Å². The number of halogens is 1. The highest BCUT2D eigenvalue weighted by atomic mass is 35.5. The third kappa shape index (κ3) is 2.52. The molecular weight excluding hydrogens is 272 g/mol. The van der Waals surface area contributed by atoms with Gasteiger partial charge in [0.15, 0.2) is 11.6 Å². The Morgan fingerprint density at radius 1 is 1.25 bits per heavy atom. The van der Waals surface area contributed by atoms with Crippen LogP contribution in [0.15, 0.2) is 18.2 Å². The van der Waals surface area contributed by atoms with Crippen LogP contribution in [0.2, 0.25) is 5.02 Å². The van der Waals surface area contributed by atoms with E-state index in [1.54, 1.807) is 6.07 Å². The highest BCUT2D eigenvalue weighted by Gasteiger charge is 2.21. The van der Waals surface area contributed by atoms with Crippen LogP contribution in [0.4, 0.5) is 5.69 Å². The van der Waals surface area contributed by atoms with E-state index in [2.05, 4.69) is 5.10 Å². The van der Waals surface area contributed by atoms with Gasteiger partial charge in [-0.2, -0.15) is 5.10 Å². The van der Waals surface area contributed by atoms with E-state index in [9.17, 15) is 0 Å². The van der Waals surface area contributed by atoms with E-state index in [0.29, 0.717) is 16.6 Å². The van der Waals surface area contributed by atoms with Crippen LogP contribution >= 0.6 is 11.6 Å². The second-order valence-electron chi connectivity index (χ2n) is 5.49. The van der Waals surface area contributed by atoms with E-state index in [1.807, 2.05) is 23.9 Å². The van der Waals surface area contributed by atoms with Crippen molar-refractivity contribution < 1.29 is 0 Å². The number of nitrogen functional groups attached to an aromatic ring is 1. The minimum absolute atomic E-state index is 0.497. The SMILES string of the molecule is Cn1nc(C2CCCCC2)nc1-c1ccc(N)cc1Cl. The van der Waals surface area contributed by atoms with E-state index < -0.39 is 0 Å². The largest absolute Gasteiger partial charge is 0.399 e. The lowest BCUT2D eigenvalue weighted by atomic mass is 9.89. The summed E-state index contributed by atoms with van der Waals surface area (Å²) in [4.78, 5) is 4.72. The summed E-state index contributed by atoms with van der Waals surface area (Å²) in [5.74, 6) is 2.27. The first-order chi connectivity index (χ1) is 9.65. The Morgan fingerprint density at radius 3 is 2.70 bits per heavy atom. The minimum atomic E-state index is 0.497. The molecule has 0 atom stereocenters. The van der Waals surface area contributed by atoms with Gasteiger partial charge in [0.1, 0.15) is 0 Å². The summed E-state index contributed by atoms with van der Waals surface area (Å²) in [7, 11) is 1.92. The van der Waals surface area contributed by atoms with Crippen molar-refractivity contribution in [3.8, 4) is 11.4 Å². The molecule has 2 N–H and O–H groups in total. The molecule has 5 heteroatoms. The van der Waals surface area contributed by atoms with Gasteiger partial charge in [-0.25, -0.2) is 9.67 Å². The summed E-state index contributed by atoms with van der Waals surface area (Å²) in [6.07, 6.45) is 6.28. The van der Waals surface area contributed by atoms with Crippen molar-refractivity contribution in [3.05, 3.63) is 29.0 Å². The quantitative estimate of drug-likeness (QED) is 0.857. The van der Waals surface area contributed by atoms with Crippen molar-refractivity contribution in [1.82, 2.24) is 14.8 Å². The molecule has 0 unspecified atom stereocenters. The van der Waals surface area contributed by atoms with Crippen molar-refractivity contribution in [2.45, 2.75) is 38.0 Å². The molecule has 0 amide bonds. The lowest BCUT2D eigenvalue weighted by Crippen LogP contribution is -2.06. The second-order valence-corrected chi connectivity index (χ2v) is 5.90. The summed E-state index contributed by atoms with van der Waals surface area (Å²) < 4.78 is 1.82. The lowest BCUT2D eigenvalue weighted by Gasteiger charge is -2.18. The number of hydrogen-bond acceptors (Lipinski definition) is 3. The number of hydrogen-bond donors (Lipinski definition) is 1. The smallest absolute Gasteiger partial charge is 0.159 e. The molecule has 1 aliphatic rings. The molecule has 0 spiro atoms. The van der Waals surface area contributed by atoms with E-state index in [-0.39, 0.29) is 0 Å². The number of benzene rings is 1. The molecule has 1 aliphatic carbocycles. The van der Waals surface area contributed by atoms with Gasteiger partial charge < -0.3 is 5.73 Å². The molecule has 106 valence electrons. The van der Waals surface area contributed by atoms with Gasteiger partial charge in [0.05, 0.1) is 5.02 Å². The fourth-order valence-electron chi connectivity index (χ4n) is 2.89. The number of aryl methyl sites for hydroxylation is 1. The molecule has 0 aliphatic heterocycles. The molecule has 0 saturated heterocycles. The maximum Gasteiger partial charge on any atom is 0.159 e. The molecule has 1 aromatic carbocycles. The normalized spacial score (nSPS) is 16.5. The summed E-state index contributed by atoms with van der Waals surface area (Å²) >= 11 is 6.27. The molecule has 1 aromatic heterocycles. The van der Waals surface area contributed by atoms with Crippen LogP contribution in [0.1, 0.15) is 43.8 Å². The predicted octanol–water partition coefficient (Wildman–Crippen LogP) is 3.77. The van der Waals surface area contributed by atoms with Gasteiger partial charge in [0.2, 0.25) is 0 Å². The highest BCUT2D eigenvalue weighted by Crippen LogP contribution is 2.33. The summed E-state index contributed by atoms with van der Waals surface area (Å²) in [6.45, 7) is 0. The monoisotopic (exact) mass is 290 g/mol. The van der Waals surface area contributed by atoms with Crippen molar-refractivity contribution in [1.29, 1.82) is 0 Å². The number of nitrogens with zero attached hydrogens (tertiary/aromatic N) is 3. The summed E-state index contributed by atoms with van der Waals surface area (Å²) in [5, 5.41) is 5.21. The molecular formula is C15H19ClN4. The fraction of sp³-hybridized carbons (Fsp3) is 0.467. The molecule has 3 rings (SSSR count). The Kier molecular flexibility index (Phi) is 3.66. The molecule has 4 nitrogen and oxygen atoms in total. The van der Waals surface area contributed by atoms with Gasteiger partial charge in [0, 0.05) is 24.2 Å². The lowest BCUT2D eigenvalue weighted by molar-refractivity contribution is 0.427.